The fourth-order valence-electron chi connectivity index (χ4n) is 3.61. The molecule has 0 amide bonds. The molecule has 0 aliphatic heterocycles. The standard InChI is InChI=1S/C28H18O7/c29-25(30)23-15-19(17-7-3-1-4-8-17)11-13-21(23)27(33)35-28(34)22-14-12-20(16-24(22)26(31)32)18-9-5-2-6-10-18/h1-16H,(H,29,30)(H,31,32). The Morgan fingerprint density at radius 3 is 1.17 bits per heavy atom. The maximum atomic E-state index is 12.7. The first-order valence-corrected chi connectivity index (χ1v) is 10.5. The molecule has 0 bridgehead atoms. The first kappa shape index (κ1) is 23.1. The zero-order valence-corrected chi connectivity index (χ0v) is 18.2. The molecule has 0 saturated carbocycles. The molecule has 172 valence electrons. The van der Waals surface area contributed by atoms with Gasteiger partial charge in [-0.1, -0.05) is 72.8 Å². The molecule has 0 unspecified atom stereocenters. The van der Waals surface area contributed by atoms with Crippen LogP contribution in [0.3, 0.4) is 0 Å². The lowest BCUT2D eigenvalue weighted by atomic mass is 9.98. The molecule has 0 aromatic heterocycles. The van der Waals surface area contributed by atoms with Crippen molar-refractivity contribution in [2.24, 2.45) is 0 Å². The zero-order valence-electron chi connectivity index (χ0n) is 18.2. The Morgan fingerprint density at radius 1 is 0.457 bits per heavy atom. The molecule has 7 heteroatoms. The van der Waals surface area contributed by atoms with Crippen LogP contribution >= 0.6 is 0 Å². The predicted octanol–water partition coefficient (Wildman–Crippen LogP) is 5.41. The summed E-state index contributed by atoms with van der Waals surface area (Å²) in [6.07, 6.45) is 0. The van der Waals surface area contributed by atoms with E-state index >= 15 is 0 Å². The minimum Gasteiger partial charge on any atom is -0.478 e. The fourth-order valence-corrected chi connectivity index (χ4v) is 3.61. The zero-order chi connectivity index (χ0) is 24.9. The summed E-state index contributed by atoms with van der Waals surface area (Å²) >= 11 is 0. The molecule has 0 aliphatic rings. The lowest BCUT2D eigenvalue weighted by Crippen LogP contribution is -2.18. The maximum Gasteiger partial charge on any atom is 0.346 e. The number of carboxylic acid groups (broad SMARTS) is 2. The molecule has 0 radical (unpaired) electrons. The number of aromatic carboxylic acids is 2. The highest BCUT2D eigenvalue weighted by molar-refractivity contribution is 6.11. The van der Waals surface area contributed by atoms with E-state index in [4.69, 9.17) is 4.74 Å². The Labute approximate surface area is 199 Å². The van der Waals surface area contributed by atoms with E-state index in [0.29, 0.717) is 11.1 Å². The molecule has 0 saturated heterocycles. The predicted molar refractivity (Wildman–Crippen MR) is 127 cm³/mol. The van der Waals surface area contributed by atoms with E-state index in [1.807, 2.05) is 12.1 Å². The Bertz CT molecular complexity index is 1330. The lowest BCUT2D eigenvalue weighted by molar-refractivity contribution is 0.0386. The second kappa shape index (κ2) is 9.84. The quantitative estimate of drug-likeness (QED) is 0.288. The van der Waals surface area contributed by atoms with Gasteiger partial charge < -0.3 is 14.9 Å². The van der Waals surface area contributed by atoms with E-state index in [2.05, 4.69) is 0 Å². The second-order valence-corrected chi connectivity index (χ2v) is 7.54. The first-order valence-electron chi connectivity index (χ1n) is 10.5. The summed E-state index contributed by atoms with van der Waals surface area (Å²) < 4.78 is 4.89. The number of hydrogen-bond donors (Lipinski definition) is 2. The number of rotatable bonds is 6. The van der Waals surface area contributed by atoms with Crippen LogP contribution in [0.15, 0.2) is 97.1 Å². The highest BCUT2D eigenvalue weighted by atomic mass is 16.6. The molecule has 0 heterocycles. The summed E-state index contributed by atoms with van der Waals surface area (Å²) in [6, 6.07) is 26.2. The van der Waals surface area contributed by atoms with E-state index in [0.717, 1.165) is 11.1 Å². The molecule has 0 atom stereocenters. The Morgan fingerprint density at radius 2 is 0.829 bits per heavy atom. The van der Waals surface area contributed by atoms with Gasteiger partial charge in [-0.2, -0.15) is 0 Å². The number of ether oxygens (including phenoxy) is 1. The van der Waals surface area contributed by atoms with Crippen LogP contribution < -0.4 is 0 Å². The van der Waals surface area contributed by atoms with Crippen molar-refractivity contribution in [2.45, 2.75) is 0 Å². The van der Waals surface area contributed by atoms with E-state index in [1.165, 1.54) is 24.3 Å². The summed E-state index contributed by atoms with van der Waals surface area (Å²) in [6.45, 7) is 0. The summed E-state index contributed by atoms with van der Waals surface area (Å²) in [5.74, 6) is -5.15. The van der Waals surface area contributed by atoms with Crippen LogP contribution in [-0.4, -0.2) is 34.1 Å². The minimum atomic E-state index is -1.37. The van der Waals surface area contributed by atoms with Gasteiger partial charge >= 0.3 is 23.9 Å². The molecule has 0 aliphatic carbocycles. The van der Waals surface area contributed by atoms with E-state index in [1.54, 1.807) is 60.7 Å². The van der Waals surface area contributed by atoms with Gasteiger partial charge in [0, 0.05) is 0 Å². The molecule has 4 aromatic carbocycles. The smallest absolute Gasteiger partial charge is 0.346 e. The van der Waals surface area contributed by atoms with Gasteiger partial charge in [-0.05, 0) is 46.5 Å². The maximum absolute atomic E-state index is 12.7. The van der Waals surface area contributed by atoms with Crippen molar-refractivity contribution < 1.29 is 34.1 Å². The van der Waals surface area contributed by atoms with E-state index in [-0.39, 0.29) is 22.3 Å². The molecule has 7 nitrogen and oxygen atoms in total. The van der Waals surface area contributed by atoms with Crippen LogP contribution in [-0.2, 0) is 4.74 Å². The molecular weight excluding hydrogens is 448 g/mol. The van der Waals surface area contributed by atoms with Gasteiger partial charge in [0.15, 0.2) is 0 Å². The number of esters is 2. The summed E-state index contributed by atoms with van der Waals surface area (Å²) in [5.41, 5.74) is 1.27. The van der Waals surface area contributed by atoms with Gasteiger partial charge in [0.2, 0.25) is 0 Å². The summed E-state index contributed by atoms with van der Waals surface area (Å²) in [7, 11) is 0. The molecular formula is C28H18O7. The first-order chi connectivity index (χ1) is 16.8. The van der Waals surface area contributed by atoms with Crippen molar-refractivity contribution >= 4 is 23.9 Å². The van der Waals surface area contributed by atoms with Crippen molar-refractivity contribution in [3.63, 3.8) is 0 Å². The average molecular weight is 466 g/mol. The summed E-state index contributed by atoms with van der Waals surface area (Å²) in [5, 5.41) is 19.2. The lowest BCUT2D eigenvalue weighted by Gasteiger charge is -2.11. The van der Waals surface area contributed by atoms with Crippen molar-refractivity contribution in [1.29, 1.82) is 0 Å². The molecule has 4 rings (SSSR count). The van der Waals surface area contributed by atoms with E-state index in [9.17, 15) is 29.4 Å². The Balaban J connectivity index is 1.63. The molecule has 2 N–H and O–H groups in total. The van der Waals surface area contributed by atoms with Crippen LogP contribution in [0.1, 0.15) is 41.4 Å². The Kier molecular flexibility index (Phi) is 6.50. The minimum absolute atomic E-state index is 0.330. The Hall–Kier alpha value is -5.04. The van der Waals surface area contributed by atoms with Gasteiger partial charge in [-0.25, -0.2) is 19.2 Å². The van der Waals surface area contributed by atoms with Crippen molar-refractivity contribution in [2.75, 3.05) is 0 Å². The topological polar surface area (TPSA) is 118 Å². The number of benzene rings is 4. The van der Waals surface area contributed by atoms with Crippen LogP contribution in [0.4, 0.5) is 0 Å². The van der Waals surface area contributed by atoms with Crippen molar-refractivity contribution in [3.05, 3.63) is 119 Å². The molecule has 0 spiro atoms. The largest absolute Gasteiger partial charge is 0.478 e. The SMILES string of the molecule is O=C(O)c1cc(-c2ccccc2)ccc1C(=O)OC(=O)c1ccc(-c2ccccc2)cc1C(=O)O. The highest BCUT2D eigenvalue weighted by Crippen LogP contribution is 2.25. The molecule has 4 aromatic rings. The van der Waals surface area contributed by atoms with Crippen LogP contribution in [0.5, 0.6) is 0 Å². The van der Waals surface area contributed by atoms with E-state index < -0.39 is 23.9 Å². The van der Waals surface area contributed by atoms with Gasteiger partial charge in [-0.3, -0.25) is 0 Å². The van der Waals surface area contributed by atoms with Gasteiger partial charge in [0.05, 0.1) is 22.3 Å². The third-order valence-electron chi connectivity index (χ3n) is 5.34. The highest BCUT2D eigenvalue weighted by Gasteiger charge is 2.25. The number of hydrogen-bond acceptors (Lipinski definition) is 5. The van der Waals surface area contributed by atoms with Crippen molar-refractivity contribution in [3.8, 4) is 22.3 Å². The van der Waals surface area contributed by atoms with Gasteiger partial charge in [-0.15, -0.1) is 0 Å². The van der Waals surface area contributed by atoms with Crippen LogP contribution in [0, 0.1) is 0 Å². The van der Waals surface area contributed by atoms with Crippen molar-refractivity contribution in [1.82, 2.24) is 0 Å². The number of carbonyl (C=O) groups excluding carboxylic acids is 2. The number of carboxylic acids is 2. The van der Waals surface area contributed by atoms with Crippen LogP contribution in [0.25, 0.3) is 22.3 Å². The van der Waals surface area contributed by atoms with Gasteiger partial charge in [0.1, 0.15) is 0 Å². The third kappa shape index (κ3) is 4.99. The van der Waals surface area contributed by atoms with Gasteiger partial charge in [0.25, 0.3) is 0 Å². The monoisotopic (exact) mass is 466 g/mol. The van der Waals surface area contributed by atoms with Crippen LogP contribution in [0.2, 0.25) is 0 Å². The third-order valence-corrected chi connectivity index (χ3v) is 5.34. The fraction of sp³-hybridized carbons (Fsp3) is 0. The second-order valence-electron chi connectivity index (χ2n) is 7.54. The normalized spacial score (nSPS) is 10.4. The molecule has 35 heavy (non-hydrogen) atoms. The number of carbonyl (C=O) groups is 4. The average Bonchev–Trinajstić information content (AvgIpc) is 2.88. The molecule has 0 fully saturated rings. The summed E-state index contributed by atoms with van der Waals surface area (Å²) in [4.78, 5) is 49.1.